The van der Waals surface area contributed by atoms with E-state index in [1.54, 1.807) is 6.07 Å². The van der Waals surface area contributed by atoms with Crippen LogP contribution in [0.2, 0.25) is 0 Å². The molecule has 0 aliphatic heterocycles. The van der Waals surface area contributed by atoms with Crippen molar-refractivity contribution in [1.82, 2.24) is 9.97 Å². The summed E-state index contributed by atoms with van der Waals surface area (Å²) in [6.07, 6.45) is 4.07. The first-order valence-electron chi connectivity index (χ1n) is 5.30. The van der Waals surface area contributed by atoms with Crippen molar-refractivity contribution in [3.05, 3.63) is 48.0 Å². The number of sulfone groups is 1. The number of rotatable bonds is 3. The van der Waals surface area contributed by atoms with Gasteiger partial charge < -0.3 is 5.73 Å². The molecule has 0 aromatic carbocycles. The van der Waals surface area contributed by atoms with Crippen LogP contribution in [0.4, 0.5) is 5.69 Å². The number of nitrogen functional groups attached to an aromatic ring is 1. The number of aromatic nitrogens is 2. The molecule has 2 aromatic rings. The predicted molar refractivity (Wildman–Crippen MR) is 68.5 cm³/mol. The molecule has 0 saturated heterocycles. The number of hydrogen-bond donors (Lipinski definition) is 1. The zero-order valence-electron chi connectivity index (χ0n) is 9.81. The van der Waals surface area contributed by atoms with E-state index in [-0.39, 0.29) is 22.0 Å². The van der Waals surface area contributed by atoms with Gasteiger partial charge in [-0.15, -0.1) is 0 Å². The quantitative estimate of drug-likeness (QED) is 0.890. The van der Waals surface area contributed by atoms with E-state index in [0.29, 0.717) is 5.56 Å². The van der Waals surface area contributed by atoms with Crippen molar-refractivity contribution >= 4 is 15.5 Å². The molecule has 0 fully saturated rings. The third kappa shape index (κ3) is 2.86. The predicted octanol–water partition coefficient (Wildman–Crippen LogP) is 0.904. The van der Waals surface area contributed by atoms with Gasteiger partial charge in [-0.25, -0.2) is 13.4 Å². The maximum atomic E-state index is 12.2. The molecule has 0 amide bonds. The minimum absolute atomic E-state index is 0.0396. The fourth-order valence-corrected chi connectivity index (χ4v) is 3.05. The summed E-state index contributed by atoms with van der Waals surface area (Å²) in [5.41, 5.74) is 6.38. The number of hydrogen-bond acceptors (Lipinski definition) is 6. The van der Waals surface area contributed by atoms with Crippen molar-refractivity contribution in [3.8, 4) is 6.07 Å². The molecule has 2 rings (SSSR count). The summed E-state index contributed by atoms with van der Waals surface area (Å²) < 4.78 is 24.4. The van der Waals surface area contributed by atoms with Crippen molar-refractivity contribution in [2.75, 3.05) is 5.73 Å². The smallest absolute Gasteiger partial charge is 0.184 e. The molecule has 0 saturated carbocycles. The largest absolute Gasteiger partial charge is 0.396 e. The summed E-state index contributed by atoms with van der Waals surface area (Å²) in [7, 11) is -3.57. The second kappa shape index (κ2) is 5.04. The van der Waals surface area contributed by atoms with Gasteiger partial charge in [-0.3, -0.25) is 4.98 Å². The van der Waals surface area contributed by atoms with Gasteiger partial charge in [0, 0.05) is 12.4 Å². The highest BCUT2D eigenvalue weighted by molar-refractivity contribution is 7.90. The zero-order chi connectivity index (χ0) is 13.9. The molecule has 0 aliphatic carbocycles. The number of pyridine rings is 2. The molecule has 0 atom stereocenters. The van der Waals surface area contributed by atoms with E-state index in [2.05, 4.69) is 9.97 Å². The van der Waals surface area contributed by atoms with Crippen LogP contribution < -0.4 is 5.73 Å². The molecule has 0 aliphatic rings. The van der Waals surface area contributed by atoms with Gasteiger partial charge in [-0.1, -0.05) is 0 Å². The van der Waals surface area contributed by atoms with E-state index in [0.717, 1.165) is 0 Å². The Morgan fingerprint density at radius 2 is 2.11 bits per heavy atom. The molecular formula is C12H10N4O2S. The Balaban J connectivity index is 2.37. The fourth-order valence-electron chi connectivity index (χ4n) is 1.60. The van der Waals surface area contributed by atoms with Crippen LogP contribution in [0.15, 0.2) is 41.7 Å². The molecule has 0 radical (unpaired) electrons. The van der Waals surface area contributed by atoms with Crippen LogP contribution in [0.3, 0.4) is 0 Å². The molecular weight excluding hydrogens is 264 g/mol. The zero-order valence-corrected chi connectivity index (χ0v) is 10.6. The van der Waals surface area contributed by atoms with E-state index >= 15 is 0 Å². The third-order valence-corrected chi connectivity index (χ3v) is 4.20. The maximum Gasteiger partial charge on any atom is 0.184 e. The van der Waals surface area contributed by atoms with Crippen LogP contribution in [0, 0.1) is 11.3 Å². The standard InChI is InChI=1S/C12H10N4O2S/c13-6-10-5-9(1-4-16-10)8-19(17,18)12-2-3-15-7-11(12)14/h1-5,7H,8,14H2. The minimum atomic E-state index is -3.57. The summed E-state index contributed by atoms with van der Waals surface area (Å²) in [6, 6.07) is 6.21. The van der Waals surface area contributed by atoms with Gasteiger partial charge in [-0.2, -0.15) is 5.26 Å². The van der Waals surface area contributed by atoms with E-state index in [1.165, 1.54) is 30.7 Å². The van der Waals surface area contributed by atoms with Crippen molar-refractivity contribution < 1.29 is 8.42 Å². The average Bonchev–Trinajstić information content (AvgIpc) is 2.38. The lowest BCUT2D eigenvalue weighted by molar-refractivity contribution is 0.595. The second-order valence-electron chi connectivity index (χ2n) is 3.83. The van der Waals surface area contributed by atoms with E-state index in [4.69, 9.17) is 11.0 Å². The van der Waals surface area contributed by atoms with Gasteiger partial charge in [0.25, 0.3) is 0 Å². The fraction of sp³-hybridized carbons (Fsp3) is 0.0833. The molecule has 19 heavy (non-hydrogen) atoms. The SMILES string of the molecule is N#Cc1cc(CS(=O)(=O)c2ccncc2N)ccn1. The topological polar surface area (TPSA) is 110 Å². The van der Waals surface area contributed by atoms with Gasteiger partial charge in [0.15, 0.2) is 9.84 Å². The van der Waals surface area contributed by atoms with E-state index < -0.39 is 9.84 Å². The molecule has 2 heterocycles. The molecule has 0 bridgehead atoms. The highest BCUT2D eigenvalue weighted by atomic mass is 32.2. The molecule has 0 spiro atoms. The molecule has 0 unspecified atom stereocenters. The summed E-state index contributed by atoms with van der Waals surface area (Å²) in [5, 5.41) is 8.73. The highest BCUT2D eigenvalue weighted by Gasteiger charge is 2.18. The lowest BCUT2D eigenvalue weighted by atomic mass is 10.2. The summed E-state index contributed by atoms with van der Waals surface area (Å²) >= 11 is 0. The Morgan fingerprint density at radius 1 is 1.32 bits per heavy atom. The normalized spacial score (nSPS) is 10.9. The van der Waals surface area contributed by atoms with Gasteiger partial charge >= 0.3 is 0 Å². The third-order valence-electron chi connectivity index (χ3n) is 2.44. The first-order valence-corrected chi connectivity index (χ1v) is 6.95. The Morgan fingerprint density at radius 3 is 2.79 bits per heavy atom. The number of anilines is 1. The van der Waals surface area contributed by atoms with Crippen LogP contribution in [-0.2, 0) is 15.6 Å². The van der Waals surface area contributed by atoms with Crippen molar-refractivity contribution in [2.24, 2.45) is 0 Å². The lowest BCUT2D eigenvalue weighted by Gasteiger charge is -2.06. The molecule has 6 nitrogen and oxygen atoms in total. The van der Waals surface area contributed by atoms with Gasteiger partial charge in [0.2, 0.25) is 0 Å². The molecule has 2 N–H and O–H groups in total. The number of nitriles is 1. The summed E-state index contributed by atoms with van der Waals surface area (Å²) in [5.74, 6) is -0.238. The Labute approximate surface area is 110 Å². The monoisotopic (exact) mass is 274 g/mol. The minimum Gasteiger partial charge on any atom is -0.396 e. The highest BCUT2D eigenvalue weighted by Crippen LogP contribution is 2.21. The van der Waals surface area contributed by atoms with Gasteiger partial charge in [0.05, 0.1) is 22.5 Å². The van der Waals surface area contributed by atoms with E-state index in [1.807, 2.05) is 6.07 Å². The maximum absolute atomic E-state index is 12.2. The summed E-state index contributed by atoms with van der Waals surface area (Å²) in [4.78, 5) is 7.58. The first kappa shape index (κ1) is 13.0. The van der Waals surface area contributed by atoms with Gasteiger partial charge in [-0.05, 0) is 23.8 Å². The Kier molecular flexibility index (Phi) is 3.44. The van der Waals surface area contributed by atoms with Crippen LogP contribution in [-0.4, -0.2) is 18.4 Å². The first-order chi connectivity index (χ1) is 9.03. The average molecular weight is 274 g/mol. The van der Waals surface area contributed by atoms with Crippen LogP contribution >= 0.6 is 0 Å². The lowest BCUT2D eigenvalue weighted by Crippen LogP contribution is -2.08. The Hall–Kier alpha value is -2.46. The van der Waals surface area contributed by atoms with Crippen LogP contribution in [0.1, 0.15) is 11.3 Å². The molecule has 2 aromatic heterocycles. The van der Waals surface area contributed by atoms with Crippen molar-refractivity contribution in [2.45, 2.75) is 10.6 Å². The Bertz CT molecular complexity index is 750. The number of nitrogens with two attached hydrogens (primary N) is 1. The van der Waals surface area contributed by atoms with E-state index in [9.17, 15) is 8.42 Å². The van der Waals surface area contributed by atoms with Crippen LogP contribution in [0.5, 0.6) is 0 Å². The van der Waals surface area contributed by atoms with Crippen molar-refractivity contribution in [1.29, 1.82) is 5.26 Å². The number of nitrogens with zero attached hydrogens (tertiary/aromatic N) is 3. The summed E-state index contributed by atoms with van der Waals surface area (Å²) in [6.45, 7) is 0. The second-order valence-corrected chi connectivity index (χ2v) is 5.79. The van der Waals surface area contributed by atoms with Gasteiger partial charge in [0.1, 0.15) is 11.8 Å². The molecule has 96 valence electrons. The van der Waals surface area contributed by atoms with Crippen molar-refractivity contribution in [3.63, 3.8) is 0 Å². The molecule has 7 heteroatoms. The van der Waals surface area contributed by atoms with Crippen LogP contribution in [0.25, 0.3) is 0 Å².